The molecule has 1 aliphatic heterocycles. The van der Waals surface area contributed by atoms with Gasteiger partial charge in [0.15, 0.2) is 5.96 Å². The SMILES string of the molecule is CC(C)C[C@H](NC(=O)[C@@H](NC(=O)[C@@H](NC(=O)[C@@H]1CCCN1C(=O)[C@@H](N)CO)C(C)C)[C@@H](C)O)C(=O)N[C@H](CC(=O)O)C(=O)N[C@@H](CC(C)C)C(=O)N[C@@H](CCCN=C(N)N)C(=O)N[C@@H](Cc1ccc(O)cc1)C(=O)O. The van der Waals surface area contributed by atoms with Crippen LogP contribution < -0.4 is 54.4 Å². The van der Waals surface area contributed by atoms with Gasteiger partial charge in [0.05, 0.1) is 19.1 Å². The second-order valence-corrected chi connectivity index (χ2v) is 19.8. The van der Waals surface area contributed by atoms with Gasteiger partial charge >= 0.3 is 11.9 Å². The maximum Gasteiger partial charge on any atom is 0.326 e. The number of likely N-dealkylation sites (tertiary alicyclic amines) is 1. The fourth-order valence-corrected chi connectivity index (χ4v) is 8.01. The fraction of sp³-hybridized carbons (Fsp3) is 0.646. The molecule has 10 atom stereocenters. The number of carbonyl (C=O) groups excluding carboxylic acids is 8. The molecule has 75 heavy (non-hydrogen) atoms. The number of nitrogens with one attached hydrogen (secondary N) is 7. The Hall–Kier alpha value is -7.13. The number of carboxylic acids is 2. The van der Waals surface area contributed by atoms with Crippen LogP contribution >= 0.6 is 0 Å². The van der Waals surface area contributed by atoms with Crippen LogP contribution in [0.4, 0.5) is 0 Å². The van der Waals surface area contributed by atoms with Crippen molar-refractivity contribution in [2.24, 2.45) is 39.9 Å². The predicted molar refractivity (Wildman–Crippen MR) is 270 cm³/mol. The topological polar surface area (TPSA) is 450 Å². The molecule has 0 unspecified atom stereocenters. The first-order chi connectivity index (χ1) is 35.1. The Kier molecular flexibility index (Phi) is 26.4. The standard InChI is InChI=1S/C48H78N12O15/c1-23(2)18-31(40(67)53-30(10-8-16-52-48(50)51)39(66)57-34(47(74)75)20-27-12-14-28(63)15-13-27)54-42(69)33(21-36(64)65)55-41(68)32(19-24(3)4)56-45(72)38(26(7)62)59-44(71)37(25(5)6)58-43(70)35-11-9-17-60(35)46(73)29(49)22-61/h12-15,23-26,29-35,37-38,61-63H,8-11,16-22,49H2,1-7H3,(H,53,67)(H,54,69)(H,55,68)(H,56,72)(H,57,66)(H,58,70)(H,59,71)(H,64,65)(H,74,75)(H4,50,51,52)/t26-,29+,30+,31+,32+,33-,34+,35+,37+,38+/m1/s1. The molecule has 1 fully saturated rings. The van der Waals surface area contributed by atoms with E-state index in [9.17, 15) is 73.5 Å². The highest BCUT2D eigenvalue weighted by atomic mass is 16.4. The highest BCUT2D eigenvalue weighted by Gasteiger charge is 2.40. The molecule has 2 rings (SSSR count). The molecular formula is C48H78N12O15. The van der Waals surface area contributed by atoms with Gasteiger partial charge in [-0.15, -0.1) is 0 Å². The average Bonchev–Trinajstić information content (AvgIpc) is 3.82. The van der Waals surface area contributed by atoms with Crippen molar-refractivity contribution in [2.45, 2.75) is 160 Å². The smallest absolute Gasteiger partial charge is 0.326 e. The number of amides is 8. The van der Waals surface area contributed by atoms with Crippen molar-refractivity contribution in [3.8, 4) is 5.75 Å². The van der Waals surface area contributed by atoms with Crippen molar-refractivity contribution in [1.82, 2.24) is 42.1 Å². The van der Waals surface area contributed by atoms with E-state index < -0.39 is 139 Å². The van der Waals surface area contributed by atoms with E-state index in [-0.39, 0.29) is 75.2 Å². The van der Waals surface area contributed by atoms with Crippen molar-refractivity contribution in [1.29, 1.82) is 0 Å². The number of carboxylic acid groups (broad SMARTS) is 2. The van der Waals surface area contributed by atoms with Crippen molar-refractivity contribution in [3.63, 3.8) is 0 Å². The molecule has 18 N–H and O–H groups in total. The van der Waals surface area contributed by atoms with Crippen molar-refractivity contribution < 1.29 is 73.5 Å². The summed E-state index contributed by atoms with van der Waals surface area (Å²) in [4.78, 5) is 139. The maximum absolute atomic E-state index is 14.0. The van der Waals surface area contributed by atoms with Crippen LogP contribution in [0.5, 0.6) is 5.75 Å². The van der Waals surface area contributed by atoms with Gasteiger partial charge in [-0.1, -0.05) is 53.7 Å². The number of aliphatic hydroxyl groups excluding tert-OH is 2. The Balaban J connectivity index is 2.35. The monoisotopic (exact) mass is 1060 g/mol. The third-order valence-corrected chi connectivity index (χ3v) is 11.9. The molecule has 1 saturated heterocycles. The third-order valence-electron chi connectivity index (χ3n) is 11.9. The van der Waals surface area contributed by atoms with Crippen molar-refractivity contribution in [3.05, 3.63) is 29.8 Å². The highest BCUT2D eigenvalue weighted by molar-refractivity contribution is 5.99. The van der Waals surface area contributed by atoms with Gasteiger partial charge in [0.1, 0.15) is 60.1 Å². The number of aliphatic imine (C=N–C) groups is 1. The predicted octanol–water partition coefficient (Wildman–Crippen LogP) is -3.62. The van der Waals surface area contributed by atoms with Crippen molar-refractivity contribution >= 4 is 65.2 Å². The molecule has 27 nitrogen and oxygen atoms in total. The zero-order chi connectivity index (χ0) is 56.9. The van der Waals surface area contributed by atoms with E-state index in [0.29, 0.717) is 12.0 Å². The van der Waals surface area contributed by atoms with E-state index in [1.165, 1.54) is 36.1 Å². The number of aromatic hydroxyl groups is 1. The third kappa shape index (κ3) is 21.7. The number of rotatable bonds is 31. The molecule has 27 heteroatoms. The van der Waals surface area contributed by atoms with Crippen LogP contribution in [0.15, 0.2) is 29.3 Å². The van der Waals surface area contributed by atoms with E-state index in [1.807, 2.05) is 0 Å². The summed E-state index contributed by atoms with van der Waals surface area (Å²) in [6.07, 6.45) is -2.31. The lowest BCUT2D eigenvalue weighted by Gasteiger charge is -2.31. The zero-order valence-corrected chi connectivity index (χ0v) is 43.5. The molecule has 1 heterocycles. The van der Waals surface area contributed by atoms with Crippen LogP contribution in [0.2, 0.25) is 0 Å². The number of hydrogen-bond donors (Lipinski definition) is 15. The first kappa shape index (κ1) is 64.0. The Labute approximate surface area is 435 Å². The van der Waals surface area contributed by atoms with Crippen LogP contribution in [0.1, 0.15) is 99.0 Å². The van der Waals surface area contributed by atoms with Gasteiger partial charge < -0.3 is 84.9 Å². The molecular weight excluding hydrogens is 985 g/mol. The molecule has 420 valence electrons. The summed E-state index contributed by atoms with van der Waals surface area (Å²) in [6.45, 7) is 10.7. The molecule has 1 aromatic rings. The Bertz CT molecular complexity index is 2170. The number of phenolic OH excluding ortho intramolecular Hbond substituents is 1. The number of carbonyl (C=O) groups is 10. The Morgan fingerprint density at radius 3 is 1.67 bits per heavy atom. The molecule has 1 aliphatic rings. The van der Waals surface area contributed by atoms with Crippen LogP contribution in [0, 0.1) is 17.8 Å². The van der Waals surface area contributed by atoms with Crippen LogP contribution in [0.25, 0.3) is 0 Å². The van der Waals surface area contributed by atoms with Gasteiger partial charge in [0, 0.05) is 19.5 Å². The summed E-state index contributed by atoms with van der Waals surface area (Å²) in [5.74, 6) is -11.9. The first-order valence-electron chi connectivity index (χ1n) is 24.8. The summed E-state index contributed by atoms with van der Waals surface area (Å²) in [6, 6.07) is -7.43. The van der Waals surface area contributed by atoms with E-state index in [2.05, 4.69) is 42.2 Å². The maximum atomic E-state index is 14.0. The number of benzene rings is 1. The van der Waals surface area contributed by atoms with Crippen LogP contribution in [-0.2, 0) is 54.4 Å². The van der Waals surface area contributed by atoms with E-state index in [0.717, 1.165) is 0 Å². The molecule has 8 amide bonds. The van der Waals surface area contributed by atoms with Gasteiger partial charge in [-0.3, -0.25) is 48.1 Å². The van der Waals surface area contributed by atoms with Gasteiger partial charge in [-0.25, -0.2) is 4.79 Å². The van der Waals surface area contributed by atoms with E-state index in [4.69, 9.17) is 17.2 Å². The summed E-state index contributed by atoms with van der Waals surface area (Å²) in [5, 5.41) is 66.8. The van der Waals surface area contributed by atoms with Crippen LogP contribution in [-0.4, -0.2) is 176 Å². The number of aliphatic hydroxyl groups is 2. The molecule has 1 aromatic carbocycles. The zero-order valence-electron chi connectivity index (χ0n) is 43.5. The minimum absolute atomic E-state index is 0.0138. The van der Waals surface area contributed by atoms with Gasteiger partial charge in [0.25, 0.3) is 0 Å². The van der Waals surface area contributed by atoms with Crippen molar-refractivity contribution in [2.75, 3.05) is 19.7 Å². The minimum atomic E-state index is -1.87. The molecule has 0 spiro atoms. The quantitative estimate of drug-likeness (QED) is 0.0194. The highest BCUT2D eigenvalue weighted by Crippen LogP contribution is 2.20. The number of guanidine groups is 1. The summed E-state index contributed by atoms with van der Waals surface area (Å²) in [7, 11) is 0. The Morgan fingerprint density at radius 2 is 1.17 bits per heavy atom. The molecule has 0 bridgehead atoms. The molecule has 0 aliphatic carbocycles. The molecule has 0 saturated carbocycles. The lowest BCUT2D eigenvalue weighted by Crippen LogP contribution is -2.62. The molecule has 0 aromatic heterocycles. The number of aliphatic carboxylic acids is 2. The Morgan fingerprint density at radius 1 is 0.680 bits per heavy atom. The minimum Gasteiger partial charge on any atom is -0.508 e. The normalized spacial score (nSPS) is 16.9. The van der Waals surface area contributed by atoms with E-state index >= 15 is 0 Å². The average molecular weight is 1060 g/mol. The lowest BCUT2D eigenvalue weighted by atomic mass is 9.99. The van der Waals surface area contributed by atoms with Gasteiger partial charge in [-0.2, -0.15) is 0 Å². The number of nitrogens with two attached hydrogens (primary N) is 3. The number of phenols is 1. The largest absolute Gasteiger partial charge is 0.508 e. The van der Waals surface area contributed by atoms with Gasteiger partial charge in [-0.05, 0) is 80.9 Å². The summed E-state index contributed by atoms with van der Waals surface area (Å²) < 4.78 is 0. The van der Waals surface area contributed by atoms with Gasteiger partial charge in [0.2, 0.25) is 47.3 Å². The van der Waals surface area contributed by atoms with E-state index in [1.54, 1.807) is 41.5 Å². The number of nitrogens with zero attached hydrogens (tertiary/aromatic N) is 2. The second-order valence-electron chi connectivity index (χ2n) is 19.8. The molecule has 0 radical (unpaired) electrons. The summed E-state index contributed by atoms with van der Waals surface area (Å²) in [5.41, 5.74) is 17.0. The lowest BCUT2D eigenvalue weighted by molar-refractivity contribution is -0.142. The van der Waals surface area contributed by atoms with Crippen LogP contribution in [0.3, 0.4) is 0 Å². The number of hydrogen-bond acceptors (Lipinski definition) is 15. The summed E-state index contributed by atoms with van der Waals surface area (Å²) >= 11 is 0. The first-order valence-corrected chi connectivity index (χ1v) is 24.8. The fourth-order valence-electron chi connectivity index (χ4n) is 8.01. The second kappa shape index (κ2) is 30.9.